The van der Waals surface area contributed by atoms with Gasteiger partial charge in [0.1, 0.15) is 0 Å². The number of aromatic nitrogens is 2. The third-order valence-electron chi connectivity index (χ3n) is 10.5. The van der Waals surface area contributed by atoms with Crippen LogP contribution in [0.25, 0.3) is 87.1 Å². The summed E-state index contributed by atoms with van der Waals surface area (Å²) in [4.78, 5) is 10.4. The highest BCUT2D eigenvalue weighted by molar-refractivity contribution is 7.25. The average Bonchev–Trinajstić information content (AvgIpc) is 3.66. The Morgan fingerprint density at radius 1 is 0.420 bits per heavy atom. The molecule has 2 nitrogen and oxygen atoms in total. The van der Waals surface area contributed by atoms with Crippen molar-refractivity contribution in [3.63, 3.8) is 0 Å². The molecule has 0 spiro atoms. The van der Waals surface area contributed by atoms with Gasteiger partial charge in [0, 0.05) is 42.3 Å². The van der Waals surface area contributed by atoms with Gasteiger partial charge in [0.15, 0.2) is 5.82 Å². The molecular weight excluding hydrogens is 625 g/mol. The highest BCUT2D eigenvalue weighted by Gasteiger charge is 2.36. The number of thiophene rings is 1. The molecule has 2 heterocycles. The summed E-state index contributed by atoms with van der Waals surface area (Å²) in [5.41, 5.74) is 12.9. The lowest BCUT2D eigenvalue weighted by molar-refractivity contribution is 0.660. The number of nitrogens with zero attached hydrogens (tertiary/aromatic N) is 2. The van der Waals surface area contributed by atoms with Crippen LogP contribution in [0, 0.1) is 0 Å². The topological polar surface area (TPSA) is 25.8 Å². The Balaban J connectivity index is 1.18. The van der Waals surface area contributed by atoms with Gasteiger partial charge in [-0.25, -0.2) is 9.97 Å². The lowest BCUT2D eigenvalue weighted by atomic mass is 9.81. The van der Waals surface area contributed by atoms with E-state index in [0.29, 0.717) is 0 Å². The van der Waals surface area contributed by atoms with Crippen molar-refractivity contribution in [1.82, 2.24) is 9.97 Å². The molecule has 0 bridgehead atoms. The van der Waals surface area contributed by atoms with Crippen LogP contribution >= 0.6 is 11.3 Å². The molecule has 0 atom stereocenters. The fourth-order valence-corrected chi connectivity index (χ4v) is 9.22. The number of benzene rings is 7. The number of fused-ring (bicyclic) bond motifs is 7. The first-order valence-electron chi connectivity index (χ1n) is 17.2. The zero-order valence-electron chi connectivity index (χ0n) is 27.8. The van der Waals surface area contributed by atoms with E-state index < -0.39 is 0 Å². The van der Waals surface area contributed by atoms with Crippen LogP contribution in [0.1, 0.15) is 25.0 Å². The second-order valence-electron chi connectivity index (χ2n) is 13.7. The van der Waals surface area contributed by atoms with Crippen LogP contribution in [0.5, 0.6) is 0 Å². The molecule has 0 aliphatic heterocycles. The fraction of sp³-hybridized carbons (Fsp3) is 0.0638. The van der Waals surface area contributed by atoms with E-state index in [-0.39, 0.29) is 5.41 Å². The molecule has 0 amide bonds. The summed E-state index contributed by atoms with van der Waals surface area (Å²) in [5.74, 6) is 0.724. The van der Waals surface area contributed by atoms with E-state index in [9.17, 15) is 0 Å². The van der Waals surface area contributed by atoms with Gasteiger partial charge in [-0.3, -0.25) is 0 Å². The van der Waals surface area contributed by atoms with Gasteiger partial charge in [0.2, 0.25) is 0 Å². The Bertz CT molecular complexity index is 2790. The lowest BCUT2D eigenvalue weighted by Gasteiger charge is -2.22. The summed E-state index contributed by atoms with van der Waals surface area (Å²) in [6, 6.07) is 56.9. The molecule has 7 aromatic carbocycles. The Morgan fingerprint density at radius 3 is 1.92 bits per heavy atom. The van der Waals surface area contributed by atoms with Crippen LogP contribution in [-0.4, -0.2) is 9.97 Å². The molecule has 1 aliphatic carbocycles. The second kappa shape index (κ2) is 11.1. The van der Waals surface area contributed by atoms with Crippen molar-refractivity contribution in [2.24, 2.45) is 0 Å². The van der Waals surface area contributed by atoms with Crippen LogP contribution in [0.4, 0.5) is 0 Å². The van der Waals surface area contributed by atoms with E-state index in [1.807, 2.05) is 17.4 Å². The van der Waals surface area contributed by atoms with Crippen molar-refractivity contribution >= 4 is 42.3 Å². The van der Waals surface area contributed by atoms with E-state index in [1.54, 1.807) is 0 Å². The Kier molecular flexibility index (Phi) is 6.43. The maximum absolute atomic E-state index is 5.25. The maximum atomic E-state index is 5.25. The van der Waals surface area contributed by atoms with Gasteiger partial charge in [0.25, 0.3) is 0 Å². The molecule has 0 unspecified atom stereocenters. The van der Waals surface area contributed by atoms with Crippen LogP contribution in [0.3, 0.4) is 0 Å². The Morgan fingerprint density at radius 2 is 1.06 bits per heavy atom. The van der Waals surface area contributed by atoms with Crippen molar-refractivity contribution in [2.45, 2.75) is 19.3 Å². The summed E-state index contributed by atoms with van der Waals surface area (Å²) in [6.45, 7) is 4.69. The molecular formula is C47H32N2S. The zero-order chi connectivity index (χ0) is 33.4. The van der Waals surface area contributed by atoms with Crippen molar-refractivity contribution in [3.05, 3.63) is 169 Å². The molecule has 9 aromatic rings. The molecule has 0 radical (unpaired) electrons. The Labute approximate surface area is 295 Å². The average molecular weight is 657 g/mol. The third kappa shape index (κ3) is 4.40. The largest absolute Gasteiger partial charge is 0.228 e. The molecule has 1 aliphatic rings. The maximum Gasteiger partial charge on any atom is 0.160 e. The first-order chi connectivity index (χ1) is 24.5. The van der Waals surface area contributed by atoms with Gasteiger partial charge in [-0.1, -0.05) is 153 Å². The summed E-state index contributed by atoms with van der Waals surface area (Å²) in [7, 11) is 0. The normalized spacial score (nSPS) is 13.2. The minimum Gasteiger partial charge on any atom is -0.228 e. The van der Waals surface area contributed by atoms with Crippen LogP contribution < -0.4 is 0 Å². The van der Waals surface area contributed by atoms with E-state index in [0.717, 1.165) is 33.9 Å². The standard InChI is InChI=1S/C47H32N2S/c1-47(2)39-20-10-8-18-38(39)45-37(19-12-21-40(45)47)33-25-26-34(32-16-7-6-15-31(32)33)42-28-41(48-46(49-42)29-13-4-3-5-14-29)30-23-24-36-35-17-9-11-22-43(35)50-44(36)27-30/h3-28H,1-2H3. The lowest BCUT2D eigenvalue weighted by Crippen LogP contribution is -2.14. The van der Waals surface area contributed by atoms with E-state index >= 15 is 0 Å². The van der Waals surface area contributed by atoms with Gasteiger partial charge in [-0.05, 0) is 62.4 Å². The highest BCUT2D eigenvalue weighted by Crippen LogP contribution is 2.53. The quantitative estimate of drug-likeness (QED) is 0.188. The van der Waals surface area contributed by atoms with Gasteiger partial charge in [-0.15, -0.1) is 11.3 Å². The molecule has 0 N–H and O–H groups in total. The van der Waals surface area contributed by atoms with Gasteiger partial charge < -0.3 is 0 Å². The SMILES string of the molecule is CC1(C)c2ccccc2-c2c(-c3ccc(-c4cc(-c5ccc6c(c5)sc5ccccc56)nc(-c5ccccc5)n4)c4ccccc34)cccc21. The van der Waals surface area contributed by atoms with Crippen LogP contribution in [-0.2, 0) is 5.41 Å². The first-order valence-corrected chi connectivity index (χ1v) is 18.0. The van der Waals surface area contributed by atoms with Gasteiger partial charge in [-0.2, -0.15) is 0 Å². The zero-order valence-corrected chi connectivity index (χ0v) is 28.6. The summed E-state index contributed by atoms with van der Waals surface area (Å²) in [5, 5.41) is 4.98. The summed E-state index contributed by atoms with van der Waals surface area (Å²) in [6.07, 6.45) is 0. The minimum absolute atomic E-state index is 0.0538. The smallest absolute Gasteiger partial charge is 0.160 e. The predicted octanol–water partition coefficient (Wildman–Crippen LogP) is 13.0. The molecule has 0 saturated heterocycles. The molecule has 50 heavy (non-hydrogen) atoms. The fourth-order valence-electron chi connectivity index (χ4n) is 8.07. The van der Waals surface area contributed by atoms with E-state index in [4.69, 9.17) is 9.97 Å². The minimum atomic E-state index is -0.0538. The van der Waals surface area contributed by atoms with Crippen molar-refractivity contribution < 1.29 is 0 Å². The van der Waals surface area contributed by atoms with E-state index in [1.165, 1.54) is 64.3 Å². The number of hydrogen-bond donors (Lipinski definition) is 0. The highest BCUT2D eigenvalue weighted by atomic mass is 32.1. The Hall–Kier alpha value is -5.90. The van der Waals surface area contributed by atoms with Crippen LogP contribution in [0.2, 0.25) is 0 Å². The van der Waals surface area contributed by atoms with Crippen LogP contribution in [0.15, 0.2) is 158 Å². The van der Waals surface area contributed by atoms with Gasteiger partial charge >= 0.3 is 0 Å². The predicted molar refractivity (Wildman–Crippen MR) is 212 cm³/mol. The first kappa shape index (κ1) is 29.1. The third-order valence-corrected chi connectivity index (χ3v) is 11.7. The molecule has 3 heteroatoms. The molecule has 236 valence electrons. The molecule has 10 rings (SSSR count). The second-order valence-corrected chi connectivity index (χ2v) is 14.8. The summed E-state index contributed by atoms with van der Waals surface area (Å²) < 4.78 is 2.57. The summed E-state index contributed by atoms with van der Waals surface area (Å²) >= 11 is 1.83. The molecule has 0 fully saturated rings. The monoisotopic (exact) mass is 656 g/mol. The van der Waals surface area contributed by atoms with Crippen molar-refractivity contribution in [3.8, 4) is 56.2 Å². The van der Waals surface area contributed by atoms with Gasteiger partial charge in [0.05, 0.1) is 11.4 Å². The number of rotatable bonds is 4. The molecule has 0 saturated carbocycles. The van der Waals surface area contributed by atoms with Crippen molar-refractivity contribution in [1.29, 1.82) is 0 Å². The van der Waals surface area contributed by atoms with E-state index in [2.05, 4.69) is 166 Å². The molecule has 2 aromatic heterocycles. The van der Waals surface area contributed by atoms with Crippen molar-refractivity contribution in [2.75, 3.05) is 0 Å². The number of hydrogen-bond acceptors (Lipinski definition) is 3.